The van der Waals surface area contributed by atoms with E-state index in [1.54, 1.807) is 0 Å². The highest BCUT2D eigenvalue weighted by atomic mass is 32.2. The SMILES string of the molecule is CC(C)Oc1cccc(C(O)CNC(=O)CC2CSCCN2)c1. The Hall–Kier alpha value is -1.24. The van der Waals surface area contributed by atoms with Crippen LogP contribution in [0.3, 0.4) is 0 Å². The van der Waals surface area contributed by atoms with E-state index in [4.69, 9.17) is 4.74 Å². The summed E-state index contributed by atoms with van der Waals surface area (Å²) < 4.78 is 5.62. The van der Waals surface area contributed by atoms with E-state index in [2.05, 4.69) is 10.6 Å². The Morgan fingerprint density at radius 3 is 3.04 bits per heavy atom. The normalized spacial score (nSPS) is 19.4. The Labute approximate surface area is 142 Å². The second-order valence-corrected chi connectivity index (χ2v) is 7.14. The highest BCUT2D eigenvalue weighted by Gasteiger charge is 2.17. The molecule has 1 aliphatic heterocycles. The number of amides is 1. The summed E-state index contributed by atoms with van der Waals surface area (Å²) in [5.74, 6) is 2.76. The predicted molar refractivity (Wildman–Crippen MR) is 93.9 cm³/mol. The van der Waals surface area contributed by atoms with Gasteiger partial charge in [-0.1, -0.05) is 12.1 Å². The van der Waals surface area contributed by atoms with E-state index in [1.807, 2.05) is 49.9 Å². The van der Waals surface area contributed by atoms with Crippen molar-refractivity contribution in [2.75, 3.05) is 24.6 Å². The first-order chi connectivity index (χ1) is 11.0. The third-order valence-electron chi connectivity index (χ3n) is 3.54. The second-order valence-electron chi connectivity index (χ2n) is 5.99. The van der Waals surface area contributed by atoms with Crippen molar-refractivity contribution in [3.8, 4) is 5.75 Å². The zero-order valence-electron chi connectivity index (χ0n) is 13.7. The number of carbonyl (C=O) groups is 1. The van der Waals surface area contributed by atoms with Gasteiger partial charge in [-0.05, 0) is 31.5 Å². The van der Waals surface area contributed by atoms with Gasteiger partial charge in [0.1, 0.15) is 5.75 Å². The molecule has 0 spiro atoms. The number of aliphatic hydroxyl groups excluding tert-OH is 1. The molecule has 2 rings (SSSR count). The first-order valence-corrected chi connectivity index (χ1v) is 9.22. The quantitative estimate of drug-likeness (QED) is 0.706. The van der Waals surface area contributed by atoms with Crippen LogP contribution < -0.4 is 15.4 Å². The monoisotopic (exact) mass is 338 g/mol. The van der Waals surface area contributed by atoms with E-state index >= 15 is 0 Å². The average molecular weight is 338 g/mol. The molecule has 1 aliphatic rings. The van der Waals surface area contributed by atoms with Gasteiger partial charge in [0.25, 0.3) is 0 Å². The predicted octanol–water partition coefficient (Wildman–Crippen LogP) is 1.72. The minimum Gasteiger partial charge on any atom is -0.491 e. The van der Waals surface area contributed by atoms with E-state index in [-0.39, 0.29) is 24.6 Å². The summed E-state index contributed by atoms with van der Waals surface area (Å²) in [6, 6.07) is 7.59. The topological polar surface area (TPSA) is 70.6 Å². The van der Waals surface area contributed by atoms with Crippen LogP contribution in [0.2, 0.25) is 0 Å². The Bertz CT molecular complexity index is 504. The van der Waals surface area contributed by atoms with Gasteiger partial charge < -0.3 is 20.5 Å². The first kappa shape index (κ1) is 18.1. The number of carbonyl (C=O) groups excluding carboxylic acids is 1. The molecule has 1 aromatic carbocycles. The van der Waals surface area contributed by atoms with Crippen LogP contribution in [0.5, 0.6) is 5.75 Å². The lowest BCUT2D eigenvalue weighted by Crippen LogP contribution is -2.41. The number of thioether (sulfide) groups is 1. The van der Waals surface area contributed by atoms with E-state index in [0.717, 1.165) is 29.4 Å². The van der Waals surface area contributed by atoms with Gasteiger partial charge in [-0.15, -0.1) is 0 Å². The maximum absolute atomic E-state index is 12.0. The minimum absolute atomic E-state index is 0.0290. The summed E-state index contributed by atoms with van der Waals surface area (Å²) in [6.45, 7) is 5.08. The molecule has 2 unspecified atom stereocenters. The summed E-state index contributed by atoms with van der Waals surface area (Å²) in [5.41, 5.74) is 0.745. The van der Waals surface area contributed by atoms with Gasteiger partial charge in [-0.3, -0.25) is 4.79 Å². The van der Waals surface area contributed by atoms with Crippen molar-refractivity contribution in [3.63, 3.8) is 0 Å². The third kappa shape index (κ3) is 6.41. The van der Waals surface area contributed by atoms with Crippen LogP contribution in [0.25, 0.3) is 0 Å². The van der Waals surface area contributed by atoms with E-state index in [0.29, 0.717) is 6.42 Å². The van der Waals surface area contributed by atoms with Crippen LogP contribution in [-0.4, -0.2) is 47.8 Å². The van der Waals surface area contributed by atoms with Gasteiger partial charge in [0.2, 0.25) is 5.91 Å². The molecule has 5 nitrogen and oxygen atoms in total. The lowest BCUT2D eigenvalue weighted by molar-refractivity contribution is -0.121. The van der Waals surface area contributed by atoms with Crippen molar-refractivity contribution < 1.29 is 14.6 Å². The zero-order chi connectivity index (χ0) is 16.7. The Morgan fingerprint density at radius 1 is 1.52 bits per heavy atom. The number of hydrogen-bond acceptors (Lipinski definition) is 5. The third-order valence-corrected chi connectivity index (χ3v) is 4.67. The molecule has 23 heavy (non-hydrogen) atoms. The maximum Gasteiger partial charge on any atom is 0.221 e. The Balaban J connectivity index is 1.79. The van der Waals surface area contributed by atoms with Crippen molar-refractivity contribution in [2.24, 2.45) is 0 Å². The van der Waals surface area contributed by atoms with Crippen LogP contribution in [0.15, 0.2) is 24.3 Å². The number of hydrogen-bond donors (Lipinski definition) is 3. The fourth-order valence-electron chi connectivity index (χ4n) is 2.44. The smallest absolute Gasteiger partial charge is 0.221 e. The van der Waals surface area contributed by atoms with Crippen LogP contribution in [-0.2, 0) is 4.79 Å². The van der Waals surface area contributed by atoms with Crippen molar-refractivity contribution in [3.05, 3.63) is 29.8 Å². The van der Waals surface area contributed by atoms with Gasteiger partial charge >= 0.3 is 0 Å². The molecule has 1 amide bonds. The summed E-state index contributed by atoms with van der Waals surface area (Å²) >= 11 is 1.87. The fourth-order valence-corrected chi connectivity index (χ4v) is 3.39. The van der Waals surface area contributed by atoms with Crippen molar-refractivity contribution in [2.45, 2.75) is 38.5 Å². The molecule has 2 atom stereocenters. The van der Waals surface area contributed by atoms with E-state index in [9.17, 15) is 9.90 Å². The molecule has 0 aliphatic carbocycles. The molecule has 0 bridgehead atoms. The van der Waals surface area contributed by atoms with Gasteiger partial charge in [-0.25, -0.2) is 0 Å². The molecule has 0 saturated carbocycles. The highest BCUT2D eigenvalue weighted by Crippen LogP contribution is 2.20. The van der Waals surface area contributed by atoms with Crippen molar-refractivity contribution in [1.29, 1.82) is 0 Å². The van der Waals surface area contributed by atoms with E-state index < -0.39 is 6.10 Å². The molecular formula is C17H26N2O3S. The number of ether oxygens (including phenoxy) is 1. The molecule has 128 valence electrons. The van der Waals surface area contributed by atoms with Crippen LogP contribution in [0, 0.1) is 0 Å². The minimum atomic E-state index is -0.733. The number of nitrogens with one attached hydrogen (secondary N) is 2. The fraction of sp³-hybridized carbons (Fsp3) is 0.588. The second kappa shape index (κ2) is 9.15. The average Bonchev–Trinajstić information content (AvgIpc) is 2.53. The lowest BCUT2D eigenvalue weighted by atomic mass is 10.1. The maximum atomic E-state index is 12.0. The van der Waals surface area contributed by atoms with Crippen molar-refractivity contribution >= 4 is 17.7 Å². The van der Waals surface area contributed by atoms with Crippen molar-refractivity contribution in [1.82, 2.24) is 10.6 Å². The Morgan fingerprint density at radius 2 is 2.35 bits per heavy atom. The lowest BCUT2D eigenvalue weighted by Gasteiger charge is -2.22. The van der Waals surface area contributed by atoms with Crippen LogP contribution >= 0.6 is 11.8 Å². The molecule has 0 aromatic heterocycles. The van der Waals surface area contributed by atoms with Crippen LogP contribution in [0.4, 0.5) is 0 Å². The first-order valence-electron chi connectivity index (χ1n) is 8.07. The molecule has 0 radical (unpaired) electrons. The zero-order valence-corrected chi connectivity index (χ0v) is 14.6. The van der Waals surface area contributed by atoms with Gasteiger partial charge in [0.05, 0.1) is 12.2 Å². The summed E-state index contributed by atoms with van der Waals surface area (Å²) in [7, 11) is 0. The summed E-state index contributed by atoms with van der Waals surface area (Å²) in [6.07, 6.45) is -0.192. The molecule has 1 aromatic rings. The molecule has 1 fully saturated rings. The number of aliphatic hydroxyl groups is 1. The highest BCUT2D eigenvalue weighted by molar-refractivity contribution is 7.99. The number of rotatable bonds is 7. The van der Waals surface area contributed by atoms with Crippen LogP contribution in [0.1, 0.15) is 31.9 Å². The summed E-state index contributed by atoms with van der Waals surface area (Å²) in [4.78, 5) is 12.0. The van der Waals surface area contributed by atoms with Gasteiger partial charge in [0, 0.05) is 37.1 Å². The molecule has 3 N–H and O–H groups in total. The van der Waals surface area contributed by atoms with Gasteiger partial charge in [-0.2, -0.15) is 11.8 Å². The standard InChI is InChI=1S/C17H26N2O3S/c1-12(2)22-15-5-3-4-13(8-15)16(20)10-19-17(21)9-14-11-23-7-6-18-14/h3-5,8,12,14,16,18,20H,6-7,9-11H2,1-2H3,(H,19,21). The number of benzene rings is 1. The largest absolute Gasteiger partial charge is 0.491 e. The molecular weight excluding hydrogens is 312 g/mol. The van der Waals surface area contributed by atoms with Gasteiger partial charge in [0.15, 0.2) is 0 Å². The Kier molecular flexibility index (Phi) is 7.20. The molecule has 1 saturated heterocycles. The van der Waals surface area contributed by atoms with E-state index in [1.165, 1.54) is 0 Å². The molecule has 6 heteroatoms. The molecule has 1 heterocycles. The summed E-state index contributed by atoms with van der Waals surface area (Å²) in [5, 5.41) is 16.4.